The van der Waals surface area contributed by atoms with Gasteiger partial charge in [-0.05, 0) is 35.9 Å². The predicted octanol–water partition coefficient (Wildman–Crippen LogP) is 2.19. The van der Waals surface area contributed by atoms with Gasteiger partial charge >= 0.3 is 0 Å². The van der Waals surface area contributed by atoms with Crippen molar-refractivity contribution in [3.8, 4) is 6.07 Å². The largest absolute Gasteiger partial charge is 0.322 e. The van der Waals surface area contributed by atoms with E-state index < -0.39 is 15.9 Å². The number of nitriles is 1. The highest BCUT2D eigenvalue weighted by Crippen LogP contribution is 2.17. The standard InChI is InChI=1S/C17H17N3O4S/c1-20(24-2)25(22,23)16-5-3-4-14(12-16)17(21)19-15-8-6-13(7-9-15)10-11-18/h3-9,12H,10H2,1-2H3,(H,19,21). The van der Waals surface area contributed by atoms with Gasteiger partial charge in [0.25, 0.3) is 15.9 Å². The van der Waals surface area contributed by atoms with Crippen molar-refractivity contribution in [2.24, 2.45) is 0 Å². The van der Waals surface area contributed by atoms with Crippen LogP contribution < -0.4 is 5.32 Å². The molecule has 1 N–H and O–H groups in total. The topological polar surface area (TPSA) is 99.5 Å². The van der Waals surface area contributed by atoms with E-state index in [1.165, 1.54) is 38.4 Å². The molecule has 0 fully saturated rings. The number of carbonyl (C=O) groups is 1. The number of nitrogens with zero attached hydrogens (tertiary/aromatic N) is 2. The fourth-order valence-corrected chi connectivity index (χ4v) is 3.06. The number of rotatable bonds is 6. The lowest BCUT2D eigenvalue weighted by atomic mass is 10.1. The highest BCUT2D eigenvalue weighted by Gasteiger charge is 2.21. The van der Waals surface area contributed by atoms with Crippen LogP contribution in [0.5, 0.6) is 0 Å². The number of benzene rings is 2. The van der Waals surface area contributed by atoms with Crippen LogP contribution >= 0.6 is 0 Å². The van der Waals surface area contributed by atoms with Crippen molar-refractivity contribution in [3.05, 3.63) is 59.7 Å². The fourth-order valence-electron chi connectivity index (χ4n) is 2.04. The Labute approximate surface area is 146 Å². The summed E-state index contributed by atoms with van der Waals surface area (Å²) >= 11 is 0. The van der Waals surface area contributed by atoms with E-state index in [0.717, 1.165) is 10.0 Å². The third kappa shape index (κ3) is 4.42. The number of hydroxylamine groups is 1. The second-order valence-corrected chi connectivity index (χ2v) is 7.05. The Balaban J connectivity index is 2.20. The minimum absolute atomic E-state index is 0.0473. The van der Waals surface area contributed by atoms with Gasteiger partial charge in [0.05, 0.1) is 24.5 Å². The van der Waals surface area contributed by atoms with Crippen LogP contribution in [0, 0.1) is 11.3 Å². The van der Waals surface area contributed by atoms with Crippen LogP contribution in [-0.2, 0) is 21.3 Å². The number of sulfonamides is 1. The van der Waals surface area contributed by atoms with E-state index in [1.54, 1.807) is 24.3 Å². The molecule has 130 valence electrons. The molecule has 0 atom stereocenters. The normalized spacial score (nSPS) is 11.1. The highest BCUT2D eigenvalue weighted by atomic mass is 32.2. The van der Waals surface area contributed by atoms with Crippen molar-refractivity contribution >= 4 is 21.6 Å². The van der Waals surface area contributed by atoms with E-state index in [9.17, 15) is 13.2 Å². The van der Waals surface area contributed by atoms with Crippen molar-refractivity contribution in [1.82, 2.24) is 4.47 Å². The van der Waals surface area contributed by atoms with E-state index in [-0.39, 0.29) is 10.5 Å². The Morgan fingerprint density at radius 1 is 1.24 bits per heavy atom. The van der Waals surface area contributed by atoms with E-state index >= 15 is 0 Å². The van der Waals surface area contributed by atoms with Crippen LogP contribution in [0.25, 0.3) is 0 Å². The molecule has 0 heterocycles. The molecular weight excluding hydrogens is 342 g/mol. The summed E-state index contributed by atoms with van der Waals surface area (Å²) in [6.45, 7) is 0. The molecule has 0 spiro atoms. The molecule has 2 aromatic carbocycles. The molecule has 25 heavy (non-hydrogen) atoms. The minimum Gasteiger partial charge on any atom is -0.322 e. The molecule has 0 unspecified atom stereocenters. The maximum Gasteiger partial charge on any atom is 0.264 e. The van der Waals surface area contributed by atoms with Crippen LogP contribution in [0.4, 0.5) is 5.69 Å². The van der Waals surface area contributed by atoms with E-state index in [2.05, 4.69) is 5.32 Å². The zero-order chi connectivity index (χ0) is 18.4. The molecule has 0 aliphatic heterocycles. The van der Waals surface area contributed by atoms with Gasteiger partial charge in [0.2, 0.25) is 0 Å². The molecule has 0 radical (unpaired) electrons. The Bertz CT molecular complexity index is 902. The maximum absolute atomic E-state index is 12.3. The molecule has 0 aromatic heterocycles. The van der Waals surface area contributed by atoms with Crippen molar-refractivity contribution < 1.29 is 18.0 Å². The lowest BCUT2D eigenvalue weighted by Crippen LogP contribution is -2.26. The maximum atomic E-state index is 12.3. The lowest BCUT2D eigenvalue weighted by molar-refractivity contribution is -0.0258. The van der Waals surface area contributed by atoms with Crippen molar-refractivity contribution in [1.29, 1.82) is 5.26 Å². The van der Waals surface area contributed by atoms with Crippen molar-refractivity contribution in [2.75, 3.05) is 19.5 Å². The Morgan fingerprint density at radius 3 is 2.52 bits per heavy atom. The lowest BCUT2D eigenvalue weighted by Gasteiger charge is -2.14. The summed E-state index contributed by atoms with van der Waals surface area (Å²) in [4.78, 5) is 17.0. The molecule has 2 rings (SSSR count). The Kier molecular flexibility index (Phi) is 5.88. The SMILES string of the molecule is CON(C)S(=O)(=O)c1cccc(C(=O)Nc2ccc(CC#N)cc2)c1. The van der Waals surface area contributed by atoms with Crippen LogP contribution in [0.1, 0.15) is 15.9 Å². The molecule has 0 saturated heterocycles. The van der Waals surface area contributed by atoms with E-state index in [4.69, 9.17) is 10.1 Å². The second kappa shape index (κ2) is 7.90. The van der Waals surface area contributed by atoms with Gasteiger partial charge in [-0.15, -0.1) is 0 Å². The quantitative estimate of drug-likeness (QED) is 0.797. The monoisotopic (exact) mass is 359 g/mol. The summed E-state index contributed by atoms with van der Waals surface area (Å²) in [5.74, 6) is -0.440. The highest BCUT2D eigenvalue weighted by molar-refractivity contribution is 7.89. The first kappa shape index (κ1) is 18.6. The zero-order valence-electron chi connectivity index (χ0n) is 13.8. The number of anilines is 1. The number of hydrogen-bond donors (Lipinski definition) is 1. The van der Waals surface area contributed by atoms with E-state index in [0.29, 0.717) is 12.1 Å². The zero-order valence-corrected chi connectivity index (χ0v) is 14.6. The molecule has 2 aromatic rings. The van der Waals surface area contributed by atoms with Gasteiger partial charge in [-0.3, -0.25) is 9.63 Å². The van der Waals surface area contributed by atoms with E-state index in [1.807, 2.05) is 6.07 Å². The molecule has 8 heteroatoms. The molecule has 0 saturated carbocycles. The Morgan fingerprint density at radius 2 is 1.92 bits per heavy atom. The van der Waals surface area contributed by atoms with Gasteiger partial charge in [0.15, 0.2) is 0 Å². The average Bonchev–Trinajstić information content (AvgIpc) is 2.63. The molecule has 0 aliphatic rings. The van der Waals surface area contributed by atoms with Gasteiger partial charge in [0, 0.05) is 18.3 Å². The molecule has 7 nitrogen and oxygen atoms in total. The summed E-state index contributed by atoms with van der Waals surface area (Å²) in [7, 11) is -1.32. The first-order valence-corrected chi connectivity index (χ1v) is 8.73. The third-order valence-electron chi connectivity index (χ3n) is 3.48. The Hall–Kier alpha value is -2.73. The number of hydrogen-bond acceptors (Lipinski definition) is 5. The van der Waals surface area contributed by atoms with Crippen LogP contribution in [0.2, 0.25) is 0 Å². The second-order valence-electron chi connectivity index (χ2n) is 5.11. The minimum atomic E-state index is -3.83. The molecule has 0 aliphatic carbocycles. The van der Waals surface area contributed by atoms with Crippen LogP contribution in [-0.4, -0.2) is 33.0 Å². The fraction of sp³-hybridized carbons (Fsp3) is 0.176. The summed E-state index contributed by atoms with van der Waals surface area (Å²) < 4.78 is 25.2. The third-order valence-corrected chi connectivity index (χ3v) is 5.16. The number of nitrogens with one attached hydrogen (secondary N) is 1. The van der Waals surface area contributed by atoms with Crippen molar-refractivity contribution in [2.45, 2.75) is 11.3 Å². The van der Waals surface area contributed by atoms with Gasteiger partial charge in [0.1, 0.15) is 0 Å². The van der Waals surface area contributed by atoms with Gasteiger partial charge in [-0.25, -0.2) is 8.42 Å². The van der Waals surface area contributed by atoms with Crippen molar-refractivity contribution in [3.63, 3.8) is 0 Å². The van der Waals surface area contributed by atoms with Crippen LogP contribution in [0.3, 0.4) is 0 Å². The van der Waals surface area contributed by atoms with Crippen LogP contribution in [0.15, 0.2) is 53.4 Å². The first-order valence-electron chi connectivity index (χ1n) is 7.29. The van der Waals surface area contributed by atoms with Gasteiger partial charge < -0.3 is 5.32 Å². The summed E-state index contributed by atoms with van der Waals surface area (Å²) in [5, 5.41) is 11.3. The predicted molar refractivity (Wildman–Crippen MR) is 92.1 cm³/mol. The van der Waals surface area contributed by atoms with Gasteiger partial charge in [-0.1, -0.05) is 22.7 Å². The summed E-state index contributed by atoms with van der Waals surface area (Å²) in [5.41, 5.74) is 1.59. The summed E-state index contributed by atoms with van der Waals surface area (Å²) in [6, 6.07) is 14.6. The molecular formula is C17H17N3O4S. The van der Waals surface area contributed by atoms with Gasteiger partial charge in [-0.2, -0.15) is 5.26 Å². The molecule has 0 bridgehead atoms. The molecule has 1 amide bonds. The smallest absolute Gasteiger partial charge is 0.264 e. The average molecular weight is 359 g/mol. The first-order chi connectivity index (χ1) is 11.9. The number of carbonyl (C=O) groups excluding carboxylic acids is 1. The number of amides is 1. The summed E-state index contributed by atoms with van der Waals surface area (Å²) in [6.07, 6.45) is 0.293.